The predicted octanol–water partition coefficient (Wildman–Crippen LogP) is 4.55. The van der Waals surface area contributed by atoms with E-state index in [-0.39, 0.29) is 17.7 Å². The minimum atomic E-state index is -0.300. The first-order valence-electron chi connectivity index (χ1n) is 8.72. The van der Waals surface area contributed by atoms with Crippen LogP contribution in [-0.4, -0.2) is 18.9 Å². The van der Waals surface area contributed by atoms with Gasteiger partial charge >= 0.3 is 0 Å². The molecule has 0 radical (unpaired) electrons. The van der Waals surface area contributed by atoms with Crippen LogP contribution in [0.3, 0.4) is 0 Å². The van der Waals surface area contributed by atoms with Gasteiger partial charge in [0.15, 0.2) is 0 Å². The second-order valence-electron chi connectivity index (χ2n) is 6.44. The third-order valence-corrected chi connectivity index (χ3v) is 4.44. The van der Waals surface area contributed by atoms with E-state index in [1.165, 1.54) is 6.92 Å². The number of rotatable bonds is 5. The first-order valence-corrected chi connectivity index (χ1v) is 8.72. The highest BCUT2D eigenvalue weighted by atomic mass is 16.5. The van der Waals surface area contributed by atoms with Crippen molar-refractivity contribution in [2.24, 2.45) is 0 Å². The van der Waals surface area contributed by atoms with Crippen LogP contribution >= 0.6 is 0 Å². The zero-order valence-electron chi connectivity index (χ0n) is 15.6. The lowest BCUT2D eigenvalue weighted by Crippen LogP contribution is -2.18. The SMILES string of the molecule is COc1ccc2cc([C@H](C)C(=O)Nc3ccc(NC(C)=O)cc3)ccc2c1. The van der Waals surface area contributed by atoms with Crippen molar-refractivity contribution in [1.82, 2.24) is 0 Å². The summed E-state index contributed by atoms with van der Waals surface area (Å²) < 4.78 is 5.25. The maximum Gasteiger partial charge on any atom is 0.231 e. The predicted molar refractivity (Wildman–Crippen MR) is 108 cm³/mol. The molecule has 0 saturated heterocycles. The summed E-state index contributed by atoms with van der Waals surface area (Å²) in [6, 6.07) is 18.9. The number of carbonyl (C=O) groups excluding carboxylic acids is 2. The van der Waals surface area contributed by atoms with Crippen LogP contribution in [0.25, 0.3) is 10.8 Å². The average Bonchev–Trinajstić information content (AvgIpc) is 2.67. The molecule has 138 valence electrons. The van der Waals surface area contributed by atoms with Gasteiger partial charge in [0.2, 0.25) is 11.8 Å². The molecule has 0 unspecified atom stereocenters. The first-order chi connectivity index (χ1) is 13.0. The summed E-state index contributed by atoms with van der Waals surface area (Å²) in [6.07, 6.45) is 0. The molecule has 0 spiro atoms. The van der Waals surface area contributed by atoms with Gasteiger partial charge in [-0.3, -0.25) is 9.59 Å². The van der Waals surface area contributed by atoms with Crippen LogP contribution in [0, 0.1) is 0 Å². The van der Waals surface area contributed by atoms with Crippen LogP contribution < -0.4 is 15.4 Å². The van der Waals surface area contributed by atoms with Gasteiger partial charge < -0.3 is 15.4 Å². The van der Waals surface area contributed by atoms with Crippen LogP contribution in [0.2, 0.25) is 0 Å². The molecule has 3 aromatic rings. The lowest BCUT2D eigenvalue weighted by atomic mass is 9.97. The van der Waals surface area contributed by atoms with E-state index in [1.54, 1.807) is 31.4 Å². The van der Waals surface area contributed by atoms with Crippen molar-refractivity contribution < 1.29 is 14.3 Å². The second kappa shape index (κ2) is 7.91. The van der Waals surface area contributed by atoms with Crippen molar-refractivity contribution in [2.45, 2.75) is 19.8 Å². The van der Waals surface area contributed by atoms with E-state index in [0.717, 1.165) is 22.1 Å². The van der Waals surface area contributed by atoms with Gasteiger partial charge in [0.05, 0.1) is 13.0 Å². The van der Waals surface area contributed by atoms with E-state index >= 15 is 0 Å². The van der Waals surface area contributed by atoms with E-state index in [9.17, 15) is 9.59 Å². The highest BCUT2D eigenvalue weighted by Crippen LogP contribution is 2.26. The summed E-state index contributed by atoms with van der Waals surface area (Å²) in [5, 5.41) is 7.75. The van der Waals surface area contributed by atoms with Crippen molar-refractivity contribution in [1.29, 1.82) is 0 Å². The van der Waals surface area contributed by atoms with E-state index in [1.807, 2.05) is 43.3 Å². The van der Waals surface area contributed by atoms with Crippen LogP contribution in [-0.2, 0) is 9.59 Å². The van der Waals surface area contributed by atoms with Crippen molar-refractivity contribution in [3.05, 3.63) is 66.2 Å². The largest absolute Gasteiger partial charge is 0.497 e. The Morgan fingerprint density at radius 1 is 0.852 bits per heavy atom. The first kappa shape index (κ1) is 18.5. The third kappa shape index (κ3) is 4.44. The number of carbonyl (C=O) groups is 2. The Labute approximate surface area is 158 Å². The van der Waals surface area contributed by atoms with Crippen molar-refractivity contribution in [3.63, 3.8) is 0 Å². The van der Waals surface area contributed by atoms with Gasteiger partial charge in [0, 0.05) is 18.3 Å². The van der Waals surface area contributed by atoms with E-state index in [4.69, 9.17) is 4.74 Å². The Balaban J connectivity index is 1.72. The van der Waals surface area contributed by atoms with Gasteiger partial charge in [0.25, 0.3) is 0 Å². The van der Waals surface area contributed by atoms with Crippen LogP contribution in [0.4, 0.5) is 11.4 Å². The zero-order chi connectivity index (χ0) is 19.4. The number of fused-ring (bicyclic) bond motifs is 1. The number of methoxy groups -OCH3 is 1. The quantitative estimate of drug-likeness (QED) is 0.700. The number of amides is 2. The molecule has 0 bridgehead atoms. The molecule has 0 aromatic heterocycles. The topological polar surface area (TPSA) is 67.4 Å². The molecule has 0 aliphatic carbocycles. The highest BCUT2D eigenvalue weighted by Gasteiger charge is 2.16. The molecular weight excluding hydrogens is 340 g/mol. The normalized spacial score (nSPS) is 11.7. The van der Waals surface area contributed by atoms with E-state index in [0.29, 0.717) is 11.4 Å². The summed E-state index contributed by atoms with van der Waals surface area (Å²) in [7, 11) is 1.64. The molecule has 2 amide bonds. The lowest BCUT2D eigenvalue weighted by molar-refractivity contribution is -0.117. The van der Waals surface area contributed by atoms with Crippen molar-refractivity contribution >= 4 is 34.0 Å². The molecule has 0 saturated carbocycles. The third-order valence-electron chi connectivity index (χ3n) is 4.44. The number of nitrogens with one attached hydrogen (secondary N) is 2. The van der Waals surface area contributed by atoms with Gasteiger partial charge in [-0.25, -0.2) is 0 Å². The molecule has 1 atom stereocenters. The Bertz CT molecular complexity index is 981. The molecule has 27 heavy (non-hydrogen) atoms. The van der Waals surface area contributed by atoms with Gasteiger partial charge in [-0.1, -0.05) is 24.3 Å². The van der Waals surface area contributed by atoms with Gasteiger partial charge in [-0.15, -0.1) is 0 Å². The second-order valence-corrected chi connectivity index (χ2v) is 6.44. The van der Waals surface area contributed by atoms with Crippen molar-refractivity contribution in [3.8, 4) is 5.75 Å². The molecule has 5 nitrogen and oxygen atoms in total. The number of anilines is 2. The molecule has 3 aromatic carbocycles. The van der Waals surface area contributed by atoms with Gasteiger partial charge in [-0.2, -0.15) is 0 Å². The van der Waals surface area contributed by atoms with Crippen LogP contribution in [0.15, 0.2) is 60.7 Å². The molecule has 0 heterocycles. The van der Waals surface area contributed by atoms with E-state index < -0.39 is 0 Å². The fourth-order valence-electron chi connectivity index (χ4n) is 2.88. The van der Waals surface area contributed by atoms with Crippen molar-refractivity contribution in [2.75, 3.05) is 17.7 Å². The minimum Gasteiger partial charge on any atom is -0.497 e. The van der Waals surface area contributed by atoms with Gasteiger partial charge in [0.1, 0.15) is 5.75 Å². The smallest absolute Gasteiger partial charge is 0.231 e. The maximum absolute atomic E-state index is 12.6. The molecule has 3 rings (SSSR count). The molecular formula is C22H22N2O3. The number of benzene rings is 3. The fraction of sp³-hybridized carbons (Fsp3) is 0.182. The Kier molecular flexibility index (Phi) is 5.41. The summed E-state index contributed by atoms with van der Waals surface area (Å²) >= 11 is 0. The Hall–Kier alpha value is -3.34. The maximum atomic E-state index is 12.6. The Morgan fingerprint density at radius 3 is 2.07 bits per heavy atom. The molecule has 0 fully saturated rings. The molecule has 0 aliphatic heterocycles. The lowest BCUT2D eigenvalue weighted by Gasteiger charge is -2.14. The van der Waals surface area contributed by atoms with Gasteiger partial charge in [-0.05, 0) is 59.7 Å². The molecule has 5 heteroatoms. The number of hydrogen-bond acceptors (Lipinski definition) is 3. The number of hydrogen-bond donors (Lipinski definition) is 2. The summed E-state index contributed by atoms with van der Waals surface area (Å²) in [4.78, 5) is 23.7. The average molecular weight is 362 g/mol. The summed E-state index contributed by atoms with van der Waals surface area (Å²) in [5.74, 6) is 0.291. The Morgan fingerprint density at radius 2 is 1.44 bits per heavy atom. The van der Waals surface area contributed by atoms with E-state index in [2.05, 4.69) is 10.6 Å². The standard InChI is InChI=1S/C22H22N2O3/c1-14(16-4-5-18-13-21(27-3)11-6-17(18)12-16)22(26)24-20-9-7-19(8-10-20)23-15(2)25/h4-14H,1-3H3,(H,23,25)(H,24,26)/t14-/m0/s1. The fourth-order valence-corrected chi connectivity index (χ4v) is 2.88. The van der Waals surface area contributed by atoms with Crippen LogP contribution in [0.1, 0.15) is 25.3 Å². The molecule has 2 N–H and O–H groups in total. The molecule has 0 aliphatic rings. The zero-order valence-corrected chi connectivity index (χ0v) is 15.6. The number of ether oxygens (including phenoxy) is 1. The summed E-state index contributed by atoms with van der Waals surface area (Å²) in [5.41, 5.74) is 2.32. The highest BCUT2D eigenvalue weighted by molar-refractivity contribution is 5.97. The minimum absolute atomic E-state index is 0.0878. The van der Waals surface area contributed by atoms with Crippen LogP contribution in [0.5, 0.6) is 5.75 Å². The summed E-state index contributed by atoms with van der Waals surface area (Å²) in [6.45, 7) is 3.34. The monoisotopic (exact) mass is 362 g/mol.